The number of carbonyl (C=O) groups is 3. The number of amides is 3. The first kappa shape index (κ1) is 23.7. The van der Waals surface area contributed by atoms with Crippen molar-refractivity contribution in [3.63, 3.8) is 0 Å². The minimum Gasteiger partial charge on any atom is -0.381 e. The molecule has 0 bridgehead atoms. The van der Waals surface area contributed by atoms with Crippen LogP contribution in [0.4, 0.5) is 0 Å². The van der Waals surface area contributed by atoms with E-state index in [0.29, 0.717) is 18.2 Å². The number of benzene rings is 1. The van der Waals surface area contributed by atoms with Gasteiger partial charge in [0.1, 0.15) is 6.04 Å². The maximum Gasteiger partial charge on any atom is 0.273 e. The zero-order valence-corrected chi connectivity index (χ0v) is 19.0. The molecule has 9 nitrogen and oxygen atoms in total. The van der Waals surface area contributed by atoms with Crippen molar-refractivity contribution in [2.45, 2.75) is 52.6 Å². The molecule has 2 heterocycles. The molecule has 3 amide bonds. The van der Waals surface area contributed by atoms with Crippen LogP contribution >= 0.6 is 0 Å². The van der Waals surface area contributed by atoms with Gasteiger partial charge in [-0.2, -0.15) is 5.10 Å². The molecule has 2 aromatic rings. The van der Waals surface area contributed by atoms with Gasteiger partial charge in [0.2, 0.25) is 11.8 Å². The third-order valence-corrected chi connectivity index (χ3v) is 5.72. The van der Waals surface area contributed by atoms with Crippen molar-refractivity contribution >= 4 is 28.6 Å². The Bertz CT molecular complexity index is 972. The highest BCUT2D eigenvalue weighted by Crippen LogP contribution is 2.24. The second-order valence-electron chi connectivity index (χ2n) is 9.38. The Labute approximate surface area is 188 Å². The molecule has 0 saturated carbocycles. The molecule has 0 aliphatic carbocycles. The first-order chi connectivity index (χ1) is 15.2. The van der Waals surface area contributed by atoms with Crippen molar-refractivity contribution in [1.29, 1.82) is 0 Å². The number of nitrogens with one attached hydrogen (secondary N) is 2. The molecule has 1 fully saturated rings. The van der Waals surface area contributed by atoms with E-state index in [-0.39, 0.29) is 18.9 Å². The predicted octanol–water partition coefficient (Wildman–Crippen LogP) is 1.60. The summed E-state index contributed by atoms with van der Waals surface area (Å²) in [6.45, 7) is 7.94. The largest absolute Gasteiger partial charge is 0.381 e. The SMILES string of the molecule is CC(C)(C)[C@H](NC(=O)c1nn(CC2CCOCC2)c2ccccc12)C(=O)NCCC(N)=O. The van der Waals surface area contributed by atoms with E-state index in [9.17, 15) is 14.4 Å². The molecule has 4 N–H and O–H groups in total. The van der Waals surface area contributed by atoms with Gasteiger partial charge in [0.15, 0.2) is 5.69 Å². The number of nitrogens with zero attached hydrogens (tertiary/aromatic N) is 2. The van der Waals surface area contributed by atoms with Crippen LogP contribution in [0.1, 0.15) is 50.5 Å². The van der Waals surface area contributed by atoms with Gasteiger partial charge in [-0.3, -0.25) is 19.1 Å². The Morgan fingerprint density at radius 2 is 1.91 bits per heavy atom. The summed E-state index contributed by atoms with van der Waals surface area (Å²) in [4.78, 5) is 37.0. The number of aromatic nitrogens is 2. The lowest BCUT2D eigenvalue weighted by Gasteiger charge is -2.30. The highest BCUT2D eigenvalue weighted by molar-refractivity contribution is 6.06. The number of primary amides is 1. The zero-order valence-electron chi connectivity index (χ0n) is 19.0. The average molecular weight is 444 g/mol. The van der Waals surface area contributed by atoms with Crippen LogP contribution in [0, 0.1) is 11.3 Å². The first-order valence-electron chi connectivity index (χ1n) is 11.1. The van der Waals surface area contributed by atoms with Crippen molar-refractivity contribution in [1.82, 2.24) is 20.4 Å². The molecule has 1 aromatic heterocycles. The van der Waals surface area contributed by atoms with Gasteiger partial charge < -0.3 is 21.1 Å². The average Bonchev–Trinajstić information content (AvgIpc) is 3.10. The Kier molecular flexibility index (Phi) is 7.50. The molecule has 0 radical (unpaired) electrons. The Morgan fingerprint density at radius 3 is 2.56 bits per heavy atom. The summed E-state index contributed by atoms with van der Waals surface area (Å²) in [5.41, 5.74) is 5.78. The van der Waals surface area contributed by atoms with E-state index < -0.39 is 23.3 Å². The highest BCUT2D eigenvalue weighted by Gasteiger charge is 2.34. The second kappa shape index (κ2) is 10.1. The fourth-order valence-electron chi connectivity index (χ4n) is 3.89. The van der Waals surface area contributed by atoms with Crippen LogP contribution < -0.4 is 16.4 Å². The van der Waals surface area contributed by atoms with E-state index in [0.717, 1.165) is 37.0 Å². The van der Waals surface area contributed by atoms with E-state index in [1.165, 1.54) is 0 Å². The van der Waals surface area contributed by atoms with Crippen molar-refractivity contribution in [2.75, 3.05) is 19.8 Å². The van der Waals surface area contributed by atoms with Crippen LogP contribution in [0.5, 0.6) is 0 Å². The number of rotatable bonds is 8. The number of carbonyl (C=O) groups excluding carboxylic acids is 3. The molecule has 32 heavy (non-hydrogen) atoms. The molecule has 9 heteroatoms. The fourth-order valence-corrected chi connectivity index (χ4v) is 3.89. The smallest absolute Gasteiger partial charge is 0.273 e. The quantitative estimate of drug-likeness (QED) is 0.571. The van der Waals surface area contributed by atoms with Crippen LogP contribution in [-0.2, 0) is 20.9 Å². The lowest BCUT2D eigenvalue weighted by Crippen LogP contribution is -2.54. The summed E-state index contributed by atoms with van der Waals surface area (Å²) in [5.74, 6) is -0.820. The van der Waals surface area contributed by atoms with E-state index in [2.05, 4.69) is 15.7 Å². The topological polar surface area (TPSA) is 128 Å². The van der Waals surface area contributed by atoms with Gasteiger partial charge in [0.05, 0.1) is 5.52 Å². The summed E-state index contributed by atoms with van der Waals surface area (Å²) in [6, 6.07) is 6.82. The van der Waals surface area contributed by atoms with Gasteiger partial charge in [-0.15, -0.1) is 0 Å². The summed E-state index contributed by atoms with van der Waals surface area (Å²) in [7, 11) is 0. The number of para-hydroxylation sites is 1. The number of ether oxygens (including phenoxy) is 1. The standard InChI is InChI=1S/C23H33N5O4/c1-23(2,3)20(22(31)25-11-8-18(24)29)26-21(30)19-16-6-4-5-7-17(16)28(27-19)14-15-9-12-32-13-10-15/h4-7,15,20H,8-14H2,1-3H3,(H2,24,29)(H,25,31)(H,26,30)/t20-/m1/s1. The molecule has 0 spiro atoms. The lowest BCUT2D eigenvalue weighted by atomic mass is 9.86. The van der Waals surface area contributed by atoms with E-state index in [1.807, 2.05) is 49.7 Å². The van der Waals surface area contributed by atoms with E-state index in [1.54, 1.807) is 0 Å². The summed E-state index contributed by atoms with van der Waals surface area (Å²) < 4.78 is 7.34. The lowest BCUT2D eigenvalue weighted by molar-refractivity contribution is -0.125. The molecule has 1 aromatic carbocycles. The normalized spacial score (nSPS) is 16.0. The Morgan fingerprint density at radius 1 is 1.22 bits per heavy atom. The third kappa shape index (κ3) is 5.85. The monoisotopic (exact) mass is 443 g/mol. The van der Waals surface area contributed by atoms with Crippen LogP contribution in [-0.4, -0.2) is 53.3 Å². The highest BCUT2D eigenvalue weighted by atomic mass is 16.5. The minimum atomic E-state index is -0.803. The van der Waals surface area contributed by atoms with Gasteiger partial charge in [0, 0.05) is 38.1 Å². The number of hydrogen-bond acceptors (Lipinski definition) is 5. The van der Waals surface area contributed by atoms with Gasteiger partial charge in [-0.1, -0.05) is 39.0 Å². The van der Waals surface area contributed by atoms with Crippen LogP contribution in [0.3, 0.4) is 0 Å². The van der Waals surface area contributed by atoms with Gasteiger partial charge in [-0.05, 0) is 30.2 Å². The molecule has 1 atom stereocenters. The fraction of sp³-hybridized carbons (Fsp3) is 0.565. The van der Waals surface area contributed by atoms with Gasteiger partial charge in [-0.25, -0.2) is 0 Å². The summed E-state index contributed by atoms with van der Waals surface area (Å²) >= 11 is 0. The molecular formula is C23H33N5O4. The van der Waals surface area contributed by atoms with E-state index in [4.69, 9.17) is 10.5 Å². The third-order valence-electron chi connectivity index (χ3n) is 5.72. The predicted molar refractivity (Wildman–Crippen MR) is 121 cm³/mol. The summed E-state index contributed by atoms with van der Waals surface area (Å²) in [5, 5.41) is 10.9. The first-order valence-corrected chi connectivity index (χ1v) is 11.1. The number of fused-ring (bicyclic) bond motifs is 1. The molecule has 0 unspecified atom stereocenters. The number of nitrogens with two attached hydrogens (primary N) is 1. The maximum absolute atomic E-state index is 13.2. The summed E-state index contributed by atoms with van der Waals surface area (Å²) in [6.07, 6.45) is 1.97. The van der Waals surface area contributed by atoms with Crippen molar-refractivity contribution in [2.24, 2.45) is 17.1 Å². The molecule has 174 valence electrons. The van der Waals surface area contributed by atoms with Crippen molar-refractivity contribution in [3.05, 3.63) is 30.0 Å². The molecule has 1 saturated heterocycles. The maximum atomic E-state index is 13.2. The van der Waals surface area contributed by atoms with Crippen LogP contribution in [0.2, 0.25) is 0 Å². The molecular weight excluding hydrogens is 410 g/mol. The van der Waals surface area contributed by atoms with Crippen molar-refractivity contribution < 1.29 is 19.1 Å². The molecule has 1 aliphatic heterocycles. The van der Waals surface area contributed by atoms with Gasteiger partial charge >= 0.3 is 0 Å². The second-order valence-corrected chi connectivity index (χ2v) is 9.38. The minimum absolute atomic E-state index is 0.0395. The Hall–Kier alpha value is -2.94. The number of hydrogen-bond donors (Lipinski definition) is 3. The zero-order chi connectivity index (χ0) is 23.3. The van der Waals surface area contributed by atoms with Crippen LogP contribution in [0.25, 0.3) is 10.9 Å². The van der Waals surface area contributed by atoms with Gasteiger partial charge in [0.25, 0.3) is 5.91 Å². The van der Waals surface area contributed by atoms with Crippen LogP contribution in [0.15, 0.2) is 24.3 Å². The molecule has 3 rings (SSSR count). The molecule has 1 aliphatic rings. The van der Waals surface area contributed by atoms with Crippen molar-refractivity contribution in [3.8, 4) is 0 Å². The van der Waals surface area contributed by atoms with E-state index >= 15 is 0 Å². The Balaban J connectivity index is 1.81.